The van der Waals surface area contributed by atoms with Crippen LogP contribution in [0.15, 0.2) is 0 Å². The van der Waals surface area contributed by atoms with E-state index in [9.17, 15) is 5.11 Å². The van der Waals surface area contributed by atoms with Gasteiger partial charge in [-0.15, -0.1) is 0 Å². The van der Waals surface area contributed by atoms with E-state index < -0.39 is 0 Å². The quantitative estimate of drug-likeness (QED) is 0.498. The molecule has 0 aromatic rings. The predicted molar refractivity (Wildman–Crippen MR) is 31.5 cm³/mol. The Morgan fingerprint density at radius 1 is 1.62 bits per heavy atom. The van der Waals surface area contributed by atoms with E-state index in [1.165, 1.54) is 12.8 Å². The Morgan fingerprint density at radius 3 is 2.50 bits per heavy atom. The highest BCUT2D eigenvalue weighted by molar-refractivity contribution is 5.04. The lowest BCUT2D eigenvalue weighted by molar-refractivity contribution is 0.0447. The van der Waals surface area contributed by atoms with Crippen molar-refractivity contribution in [1.82, 2.24) is 0 Å². The summed E-state index contributed by atoms with van der Waals surface area (Å²) in [6, 6.07) is 0. The third kappa shape index (κ3) is 0.455. The highest BCUT2D eigenvalue weighted by Crippen LogP contribution is 2.57. The fourth-order valence-corrected chi connectivity index (χ4v) is 1.99. The molecule has 2 saturated carbocycles. The molecule has 0 heterocycles. The van der Waals surface area contributed by atoms with Gasteiger partial charge in [0.1, 0.15) is 0 Å². The van der Waals surface area contributed by atoms with Crippen molar-refractivity contribution in [1.29, 1.82) is 0 Å². The van der Waals surface area contributed by atoms with Gasteiger partial charge in [-0.05, 0) is 38.0 Å². The van der Waals surface area contributed by atoms with Crippen LogP contribution in [0.3, 0.4) is 0 Å². The molecule has 3 atom stereocenters. The van der Waals surface area contributed by atoms with E-state index in [4.69, 9.17) is 0 Å². The zero-order valence-electron chi connectivity index (χ0n) is 5.22. The Hall–Kier alpha value is -0.0400. The first-order chi connectivity index (χ1) is 3.70. The smallest absolute Gasteiger partial charge is 0.0650 e. The average molecular weight is 112 g/mol. The van der Waals surface area contributed by atoms with E-state index in [0.29, 0.717) is 5.92 Å². The largest absolute Gasteiger partial charge is 0.390 e. The van der Waals surface area contributed by atoms with Crippen molar-refractivity contribution in [3.63, 3.8) is 0 Å². The van der Waals surface area contributed by atoms with Crippen LogP contribution in [0.5, 0.6) is 0 Å². The lowest BCUT2D eigenvalue weighted by Gasteiger charge is -2.16. The summed E-state index contributed by atoms with van der Waals surface area (Å²) in [6.07, 6.45) is 3.62. The SMILES string of the molecule is C[C@]1(O)CCC2CC21. The number of fused-ring (bicyclic) bond motifs is 1. The fourth-order valence-electron chi connectivity index (χ4n) is 1.99. The fraction of sp³-hybridized carbons (Fsp3) is 1.00. The third-order valence-corrected chi connectivity index (χ3v) is 2.74. The van der Waals surface area contributed by atoms with Crippen LogP contribution in [-0.2, 0) is 0 Å². The Balaban J connectivity index is 2.17. The summed E-state index contributed by atoms with van der Waals surface area (Å²) in [7, 11) is 0. The van der Waals surface area contributed by atoms with Gasteiger partial charge in [-0.2, -0.15) is 0 Å². The minimum absolute atomic E-state index is 0.273. The highest BCUT2D eigenvalue weighted by atomic mass is 16.3. The van der Waals surface area contributed by atoms with Gasteiger partial charge in [0.05, 0.1) is 5.60 Å². The van der Waals surface area contributed by atoms with Crippen molar-refractivity contribution < 1.29 is 5.11 Å². The summed E-state index contributed by atoms with van der Waals surface area (Å²) < 4.78 is 0. The Kier molecular flexibility index (Phi) is 0.663. The minimum Gasteiger partial charge on any atom is -0.390 e. The van der Waals surface area contributed by atoms with Crippen molar-refractivity contribution in [2.24, 2.45) is 11.8 Å². The molecule has 0 spiro atoms. The summed E-state index contributed by atoms with van der Waals surface area (Å²) >= 11 is 0. The molecule has 2 rings (SSSR count). The van der Waals surface area contributed by atoms with Gasteiger partial charge in [0.25, 0.3) is 0 Å². The molecule has 0 amide bonds. The lowest BCUT2D eigenvalue weighted by Crippen LogP contribution is -2.22. The maximum atomic E-state index is 9.50. The number of hydrogen-bond acceptors (Lipinski definition) is 1. The van der Waals surface area contributed by atoms with Crippen LogP contribution in [0, 0.1) is 11.8 Å². The second kappa shape index (κ2) is 1.10. The van der Waals surface area contributed by atoms with Gasteiger partial charge < -0.3 is 5.11 Å². The number of aliphatic hydroxyl groups is 1. The first-order valence-electron chi connectivity index (χ1n) is 3.42. The van der Waals surface area contributed by atoms with Gasteiger partial charge >= 0.3 is 0 Å². The maximum absolute atomic E-state index is 9.50. The monoisotopic (exact) mass is 112 g/mol. The van der Waals surface area contributed by atoms with Gasteiger partial charge in [0.15, 0.2) is 0 Å². The summed E-state index contributed by atoms with van der Waals surface area (Å²) in [5.74, 6) is 1.59. The highest BCUT2D eigenvalue weighted by Gasteiger charge is 2.54. The third-order valence-electron chi connectivity index (χ3n) is 2.74. The van der Waals surface area contributed by atoms with Crippen molar-refractivity contribution >= 4 is 0 Å². The van der Waals surface area contributed by atoms with Gasteiger partial charge in [-0.25, -0.2) is 0 Å². The van der Waals surface area contributed by atoms with Gasteiger partial charge in [0, 0.05) is 0 Å². The molecular formula is C7H12O. The second-order valence-corrected chi connectivity index (χ2v) is 3.50. The summed E-state index contributed by atoms with van der Waals surface area (Å²) in [5.41, 5.74) is -0.273. The van der Waals surface area contributed by atoms with Crippen LogP contribution in [0.2, 0.25) is 0 Å². The molecule has 0 saturated heterocycles. The molecule has 0 bridgehead atoms. The first kappa shape index (κ1) is 4.80. The zero-order chi connectivity index (χ0) is 5.78. The van der Waals surface area contributed by atoms with Crippen molar-refractivity contribution in [3.8, 4) is 0 Å². The summed E-state index contributed by atoms with van der Waals surface area (Å²) in [6.45, 7) is 1.98. The van der Waals surface area contributed by atoms with Crippen LogP contribution >= 0.6 is 0 Å². The molecule has 0 aliphatic heterocycles. The van der Waals surface area contributed by atoms with Crippen LogP contribution in [0.25, 0.3) is 0 Å². The molecule has 1 heteroatoms. The summed E-state index contributed by atoms with van der Waals surface area (Å²) in [5, 5.41) is 9.50. The van der Waals surface area contributed by atoms with E-state index in [0.717, 1.165) is 12.3 Å². The number of rotatable bonds is 0. The molecule has 1 N–H and O–H groups in total. The van der Waals surface area contributed by atoms with Crippen molar-refractivity contribution in [2.75, 3.05) is 0 Å². The topological polar surface area (TPSA) is 20.2 Å². The molecule has 46 valence electrons. The molecule has 2 aliphatic carbocycles. The van der Waals surface area contributed by atoms with Crippen LogP contribution in [-0.4, -0.2) is 10.7 Å². The molecular weight excluding hydrogens is 100 g/mol. The second-order valence-electron chi connectivity index (χ2n) is 3.50. The normalized spacial score (nSPS) is 60.8. The van der Waals surface area contributed by atoms with E-state index >= 15 is 0 Å². The first-order valence-corrected chi connectivity index (χ1v) is 3.42. The molecule has 2 aliphatic rings. The van der Waals surface area contributed by atoms with Crippen LogP contribution in [0.4, 0.5) is 0 Å². The van der Waals surface area contributed by atoms with E-state index in [1.54, 1.807) is 0 Å². The van der Waals surface area contributed by atoms with Gasteiger partial charge in [-0.1, -0.05) is 0 Å². The standard InChI is InChI=1S/C7H12O/c1-7(8)3-2-5-4-6(5)7/h5-6,8H,2-4H2,1H3/t5?,6?,7-/m0/s1. The molecule has 1 nitrogen and oxygen atoms in total. The van der Waals surface area contributed by atoms with Gasteiger partial charge in [-0.3, -0.25) is 0 Å². The molecule has 0 aromatic carbocycles. The Bertz CT molecular complexity index is 118. The van der Waals surface area contributed by atoms with Crippen molar-refractivity contribution in [3.05, 3.63) is 0 Å². The van der Waals surface area contributed by atoms with Crippen molar-refractivity contribution in [2.45, 2.75) is 31.8 Å². The number of hydrogen-bond donors (Lipinski definition) is 1. The van der Waals surface area contributed by atoms with Gasteiger partial charge in [0.2, 0.25) is 0 Å². The molecule has 8 heavy (non-hydrogen) atoms. The minimum atomic E-state index is -0.273. The Morgan fingerprint density at radius 2 is 2.38 bits per heavy atom. The molecule has 2 unspecified atom stereocenters. The van der Waals surface area contributed by atoms with E-state index in [2.05, 4.69) is 0 Å². The van der Waals surface area contributed by atoms with Crippen LogP contribution in [0.1, 0.15) is 26.2 Å². The summed E-state index contributed by atoms with van der Waals surface area (Å²) in [4.78, 5) is 0. The molecule has 0 radical (unpaired) electrons. The zero-order valence-corrected chi connectivity index (χ0v) is 5.22. The average Bonchev–Trinajstić information content (AvgIpc) is 2.34. The lowest BCUT2D eigenvalue weighted by atomic mass is 10.0. The Labute approximate surface area is 49.7 Å². The van der Waals surface area contributed by atoms with E-state index in [1.807, 2.05) is 6.92 Å². The molecule has 0 aromatic heterocycles. The maximum Gasteiger partial charge on any atom is 0.0650 e. The van der Waals surface area contributed by atoms with Crippen LogP contribution < -0.4 is 0 Å². The molecule has 2 fully saturated rings. The van der Waals surface area contributed by atoms with E-state index in [-0.39, 0.29) is 5.60 Å². The predicted octanol–water partition coefficient (Wildman–Crippen LogP) is 1.17.